The largest absolute Gasteiger partial charge is 0.467 e. The van der Waals surface area contributed by atoms with Crippen LogP contribution in [0.4, 0.5) is 10.1 Å². The molecular weight excluding hydrogens is 469 g/mol. The smallest absolute Gasteiger partial charge is 0.328 e. The Morgan fingerprint density at radius 2 is 1.91 bits per heavy atom. The van der Waals surface area contributed by atoms with Crippen LogP contribution in [-0.4, -0.2) is 44.4 Å². The summed E-state index contributed by atoms with van der Waals surface area (Å²) in [6.07, 6.45) is 2.01. The highest BCUT2D eigenvalue weighted by Gasteiger charge is 2.31. The quantitative estimate of drug-likeness (QED) is 0.308. The fourth-order valence-electron chi connectivity index (χ4n) is 3.86. The van der Waals surface area contributed by atoms with Crippen LogP contribution in [-0.2, 0) is 43.6 Å². The number of fused-ring (bicyclic) bond motifs is 1. The predicted octanol–water partition coefficient (Wildman–Crippen LogP) is 1.79. The first kappa shape index (κ1) is 25.2. The van der Waals surface area contributed by atoms with E-state index in [1.807, 2.05) is 0 Å². The van der Waals surface area contributed by atoms with E-state index in [4.69, 9.17) is 4.74 Å². The summed E-state index contributed by atoms with van der Waals surface area (Å²) in [6.45, 7) is 1.21. The van der Waals surface area contributed by atoms with E-state index in [1.54, 1.807) is 12.1 Å². The van der Waals surface area contributed by atoms with Crippen LogP contribution in [0.1, 0.15) is 30.0 Å². The fraction of sp³-hybridized carbons (Fsp3) is 0.364. The number of esters is 1. The Labute approximate surface area is 195 Å². The Hall–Kier alpha value is -3.38. The molecule has 0 saturated carbocycles. The summed E-state index contributed by atoms with van der Waals surface area (Å²) in [6, 6.07) is 5.36. The fourth-order valence-corrected chi connectivity index (χ4v) is 5.24. The van der Waals surface area contributed by atoms with Gasteiger partial charge in [-0.15, -0.1) is 0 Å². The molecule has 0 unspecified atom stereocenters. The van der Waals surface area contributed by atoms with Crippen LogP contribution in [0.5, 0.6) is 0 Å². The van der Waals surface area contributed by atoms with E-state index in [-0.39, 0.29) is 12.0 Å². The van der Waals surface area contributed by atoms with Crippen LogP contribution in [0.3, 0.4) is 0 Å². The number of hydrogen-bond acceptors (Lipinski definition) is 7. The number of aryl methyl sites for hydroxylation is 1. The van der Waals surface area contributed by atoms with Crippen LogP contribution in [0.25, 0.3) is 0 Å². The van der Waals surface area contributed by atoms with E-state index in [9.17, 15) is 32.5 Å². The summed E-state index contributed by atoms with van der Waals surface area (Å²) in [4.78, 5) is 34.7. The SMILES string of the molecule is COC(=O)[C@H](Cc1ccc2c(c1F)CCC2)NC(=O)[C@H](C)NS(=O)(=O)c1ccccc1[N+](=O)[O-]. The Morgan fingerprint density at radius 3 is 2.59 bits per heavy atom. The molecule has 0 saturated heterocycles. The highest BCUT2D eigenvalue weighted by molar-refractivity contribution is 7.89. The van der Waals surface area contributed by atoms with Gasteiger partial charge in [0.1, 0.15) is 11.9 Å². The number of nitrogens with zero attached hydrogens (tertiary/aromatic N) is 1. The summed E-state index contributed by atoms with van der Waals surface area (Å²) in [5.74, 6) is -2.15. The maximum absolute atomic E-state index is 14.9. The lowest BCUT2D eigenvalue weighted by Gasteiger charge is -2.20. The minimum absolute atomic E-state index is 0.193. The zero-order chi connectivity index (χ0) is 25.0. The van der Waals surface area contributed by atoms with Gasteiger partial charge in [0.2, 0.25) is 15.9 Å². The van der Waals surface area contributed by atoms with Crippen molar-refractivity contribution < 1.29 is 32.1 Å². The number of sulfonamides is 1. The van der Waals surface area contributed by atoms with Gasteiger partial charge < -0.3 is 10.1 Å². The normalized spacial score (nSPS) is 14.7. The molecule has 0 aliphatic heterocycles. The molecule has 12 heteroatoms. The third-order valence-electron chi connectivity index (χ3n) is 5.60. The Kier molecular flexibility index (Phi) is 7.62. The lowest BCUT2D eigenvalue weighted by molar-refractivity contribution is -0.387. The molecule has 10 nitrogen and oxygen atoms in total. The van der Waals surface area contributed by atoms with Crippen molar-refractivity contribution in [1.82, 2.24) is 10.0 Å². The molecular formula is C22H24FN3O7S. The van der Waals surface area contributed by atoms with E-state index in [0.29, 0.717) is 12.0 Å². The second-order valence-electron chi connectivity index (χ2n) is 7.89. The van der Waals surface area contributed by atoms with E-state index in [2.05, 4.69) is 10.0 Å². The number of carbonyl (C=O) groups is 2. The Bertz CT molecular complexity index is 1230. The lowest BCUT2D eigenvalue weighted by atomic mass is 9.99. The average Bonchev–Trinajstić information content (AvgIpc) is 3.29. The van der Waals surface area contributed by atoms with Gasteiger partial charge in [-0.25, -0.2) is 17.6 Å². The number of para-hydroxylation sites is 1. The molecule has 34 heavy (non-hydrogen) atoms. The second kappa shape index (κ2) is 10.3. The van der Waals surface area contributed by atoms with Crippen molar-refractivity contribution in [3.8, 4) is 0 Å². The molecule has 182 valence electrons. The Balaban J connectivity index is 1.76. The molecule has 0 spiro atoms. The van der Waals surface area contributed by atoms with Crippen molar-refractivity contribution >= 4 is 27.6 Å². The van der Waals surface area contributed by atoms with Crippen molar-refractivity contribution in [2.45, 2.75) is 49.6 Å². The molecule has 1 aliphatic rings. The van der Waals surface area contributed by atoms with E-state index in [1.165, 1.54) is 19.1 Å². The molecule has 2 aromatic rings. The van der Waals surface area contributed by atoms with Crippen molar-refractivity contribution in [3.63, 3.8) is 0 Å². The summed E-state index contributed by atoms with van der Waals surface area (Å²) < 4.78 is 47.0. The molecule has 2 aromatic carbocycles. The maximum Gasteiger partial charge on any atom is 0.328 e. The topological polar surface area (TPSA) is 145 Å². The van der Waals surface area contributed by atoms with Crippen LogP contribution in [0.2, 0.25) is 0 Å². The zero-order valence-electron chi connectivity index (χ0n) is 18.5. The van der Waals surface area contributed by atoms with E-state index < -0.39 is 55.3 Å². The maximum atomic E-state index is 14.9. The van der Waals surface area contributed by atoms with Gasteiger partial charge in [-0.3, -0.25) is 14.9 Å². The van der Waals surface area contributed by atoms with Gasteiger partial charge in [-0.2, -0.15) is 4.72 Å². The minimum atomic E-state index is -4.44. The van der Waals surface area contributed by atoms with Gasteiger partial charge in [0, 0.05) is 12.5 Å². The molecule has 0 bridgehead atoms. The molecule has 2 N–H and O–H groups in total. The number of rotatable bonds is 9. The number of halogens is 1. The van der Waals surface area contributed by atoms with Crippen LogP contribution < -0.4 is 10.0 Å². The second-order valence-corrected chi connectivity index (χ2v) is 9.57. The predicted molar refractivity (Wildman–Crippen MR) is 119 cm³/mol. The molecule has 0 aromatic heterocycles. The van der Waals surface area contributed by atoms with Gasteiger partial charge in [-0.1, -0.05) is 24.3 Å². The van der Waals surface area contributed by atoms with E-state index >= 15 is 0 Å². The van der Waals surface area contributed by atoms with E-state index in [0.717, 1.165) is 37.6 Å². The molecule has 0 fully saturated rings. The summed E-state index contributed by atoms with van der Waals surface area (Å²) >= 11 is 0. The highest BCUT2D eigenvalue weighted by Crippen LogP contribution is 2.27. The molecule has 2 atom stereocenters. The number of methoxy groups -OCH3 is 1. The minimum Gasteiger partial charge on any atom is -0.467 e. The van der Waals surface area contributed by atoms with Crippen molar-refractivity contribution in [2.24, 2.45) is 0 Å². The van der Waals surface area contributed by atoms with Gasteiger partial charge in [-0.05, 0) is 48.9 Å². The van der Waals surface area contributed by atoms with Crippen molar-refractivity contribution in [3.05, 3.63) is 69.0 Å². The summed E-state index contributed by atoms with van der Waals surface area (Å²) in [5, 5.41) is 13.5. The van der Waals surface area contributed by atoms with Crippen molar-refractivity contribution in [2.75, 3.05) is 7.11 Å². The first-order chi connectivity index (χ1) is 16.0. The number of ether oxygens (including phenoxy) is 1. The van der Waals surface area contributed by atoms with Crippen molar-refractivity contribution in [1.29, 1.82) is 0 Å². The number of nitro groups is 1. The summed E-state index contributed by atoms with van der Waals surface area (Å²) in [7, 11) is -3.33. The van der Waals surface area contributed by atoms with Gasteiger partial charge in [0.15, 0.2) is 4.90 Å². The van der Waals surface area contributed by atoms with Gasteiger partial charge >= 0.3 is 5.97 Å². The van der Waals surface area contributed by atoms with Crippen LogP contribution in [0, 0.1) is 15.9 Å². The molecule has 0 heterocycles. The monoisotopic (exact) mass is 493 g/mol. The van der Waals surface area contributed by atoms with Gasteiger partial charge in [0.25, 0.3) is 5.69 Å². The molecule has 0 radical (unpaired) electrons. The highest BCUT2D eigenvalue weighted by atomic mass is 32.2. The Morgan fingerprint density at radius 1 is 1.21 bits per heavy atom. The number of nitro benzene ring substituents is 1. The zero-order valence-corrected chi connectivity index (χ0v) is 19.4. The summed E-state index contributed by atoms with van der Waals surface area (Å²) in [5.41, 5.74) is 1.09. The first-order valence-electron chi connectivity index (χ1n) is 10.5. The van der Waals surface area contributed by atoms with Gasteiger partial charge in [0.05, 0.1) is 18.1 Å². The third kappa shape index (κ3) is 5.39. The third-order valence-corrected chi connectivity index (χ3v) is 7.18. The number of carbonyl (C=O) groups excluding carboxylic acids is 2. The molecule has 3 rings (SSSR count). The standard InChI is InChI=1S/C22H24FN3O7S/c1-13(25-34(31,32)19-9-4-3-8-18(19)26(29)30)21(27)24-17(22(28)33-2)12-15-11-10-14-6-5-7-16(14)20(15)23/h3-4,8-11,13,17,25H,5-7,12H2,1-2H3,(H,24,27)/t13-,17-/m0/s1. The number of nitrogens with one attached hydrogen (secondary N) is 2. The average molecular weight is 494 g/mol. The molecule has 1 amide bonds. The number of hydrogen-bond donors (Lipinski definition) is 2. The number of benzene rings is 2. The van der Waals surface area contributed by atoms with Crippen LogP contribution in [0.15, 0.2) is 41.3 Å². The molecule has 1 aliphatic carbocycles. The van der Waals surface area contributed by atoms with Crippen LogP contribution >= 0.6 is 0 Å². The first-order valence-corrected chi connectivity index (χ1v) is 12.0. The lowest BCUT2D eigenvalue weighted by Crippen LogP contribution is -2.51. The number of amides is 1.